The number of carboxylic acid groups (broad SMARTS) is 1. The molecule has 2 aromatic rings. The summed E-state index contributed by atoms with van der Waals surface area (Å²) >= 11 is 0. The fourth-order valence-electron chi connectivity index (χ4n) is 2.16. The van der Waals surface area contributed by atoms with Gasteiger partial charge < -0.3 is 14.8 Å². The Morgan fingerprint density at radius 1 is 1.24 bits per heavy atom. The molecule has 5 heteroatoms. The van der Waals surface area contributed by atoms with Crippen molar-refractivity contribution in [2.24, 2.45) is 0 Å². The molecular formula is C16H17NO4. The molecule has 110 valence electrons. The first-order valence-corrected chi connectivity index (χ1v) is 6.75. The molecule has 0 aliphatic carbocycles. The SMILES string of the molecule is CCc1occc1C(=O)NC(CC(=O)O)c1ccccc1. The van der Waals surface area contributed by atoms with Gasteiger partial charge in [-0.25, -0.2) is 0 Å². The lowest BCUT2D eigenvalue weighted by Crippen LogP contribution is -2.30. The van der Waals surface area contributed by atoms with Crippen molar-refractivity contribution in [2.45, 2.75) is 25.8 Å². The molecule has 2 rings (SSSR count). The van der Waals surface area contributed by atoms with Gasteiger partial charge >= 0.3 is 5.97 Å². The van der Waals surface area contributed by atoms with Crippen LogP contribution in [0.5, 0.6) is 0 Å². The van der Waals surface area contributed by atoms with Crippen molar-refractivity contribution in [3.05, 3.63) is 59.5 Å². The highest BCUT2D eigenvalue weighted by molar-refractivity contribution is 5.95. The Balaban J connectivity index is 2.19. The Hall–Kier alpha value is -2.56. The maximum atomic E-state index is 12.3. The third-order valence-electron chi connectivity index (χ3n) is 3.20. The summed E-state index contributed by atoms with van der Waals surface area (Å²) in [4.78, 5) is 23.3. The molecule has 21 heavy (non-hydrogen) atoms. The van der Waals surface area contributed by atoms with Crippen molar-refractivity contribution >= 4 is 11.9 Å². The van der Waals surface area contributed by atoms with Gasteiger partial charge in [-0.05, 0) is 11.6 Å². The van der Waals surface area contributed by atoms with Gasteiger partial charge in [-0.3, -0.25) is 9.59 Å². The summed E-state index contributed by atoms with van der Waals surface area (Å²) in [5.74, 6) is -0.697. The molecule has 1 aromatic heterocycles. The van der Waals surface area contributed by atoms with E-state index in [0.717, 1.165) is 5.56 Å². The van der Waals surface area contributed by atoms with Gasteiger partial charge in [-0.15, -0.1) is 0 Å². The number of rotatable bonds is 6. The zero-order chi connectivity index (χ0) is 15.2. The second kappa shape index (κ2) is 6.74. The van der Waals surface area contributed by atoms with Crippen molar-refractivity contribution in [1.82, 2.24) is 5.32 Å². The molecule has 0 aliphatic rings. The Kier molecular flexibility index (Phi) is 4.77. The van der Waals surface area contributed by atoms with Crippen LogP contribution in [-0.4, -0.2) is 17.0 Å². The smallest absolute Gasteiger partial charge is 0.305 e. The lowest BCUT2D eigenvalue weighted by atomic mass is 10.0. The second-order valence-electron chi connectivity index (χ2n) is 4.65. The maximum Gasteiger partial charge on any atom is 0.305 e. The largest absolute Gasteiger partial charge is 0.481 e. The topological polar surface area (TPSA) is 79.5 Å². The van der Waals surface area contributed by atoms with E-state index in [0.29, 0.717) is 17.7 Å². The normalized spacial score (nSPS) is 11.9. The summed E-state index contributed by atoms with van der Waals surface area (Å²) in [5.41, 5.74) is 1.21. The van der Waals surface area contributed by atoms with E-state index >= 15 is 0 Å². The van der Waals surface area contributed by atoms with E-state index in [4.69, 9.17) is 9.52 Å². The van der Waals surface area contributed by atoms with Crippen LogP contribution in [0.3, 0.4) is 0 Å². The van der Waals surface area contributed by atoms with E-state index in [-0.39, 0.29) is 12.3 Å². The number of nitrogens with one attached hydrogen (secondary N) is 1. The Morgan fingerprint density at radius 2 is 1.95 bits per heavy atom. The van der Waals surface area contributed by atoms with Crippen LogP contribution in [0.4, 0.5) is 0 Å². The number of benzene rings is 1. The Labute approximate surface area is 122 Å². The van der Waals surface area contributed by atoms with Crippen molar-refractivity contribution in [3.63, 3.8) is 0 Å². The number of carbonyl (C=O) groups is 2. The molecule has 1 aromatic carbocycles. The van der Waals surface area contributed by atoms with Gasteiger partial charge in [0.1, 0.15) is 5.76 Å². The number of carboxylic acids is 1. The van der Waals surface area contributed by atoms with E-state index in [2.05, 4.69) is 5.32 Å². The van der Waals surface area contributed by atoms with Crippen LogP contribution in [-0.2, 0) is 11.2 Å². The van der Waals surface area contributed by atoms with Gasteiger partial charge in [-0.1, -0.05) is 37.3 Å². The van der Waals surface area contributed by atoms with Crippen LogP contribution >= 0.6 is 0 Å². The predicted molar refractivity (Wildman–Crippen MR) is 77.0 cm³/mol. The monoisotopic (exact) mass is 287 g/mol. The number of furan rings is 1. The highest BCUT2D eigenvalue weighted by Gasteiger charge is 2.21. The van der Waals surface area contributed by atoms with Crippen LogP contribution in [0.25, 0.3) is 0 Å². The van der Waals surface area contributed by atoms with E-state index in [9.17, 15) is 9.59 Å². The fraction of sp³-hybridized carbons (Fsp3) is 0.250. The van der Waals surface area contributed by atoms with Crippen molar-refractivity contribution in [1.29, 1.82) is 0 Å². The summed E-state index contributed by atoms with van der Waals surface area (Å²) in [7, 11) is 0. The number of carbonyl (C=O) groups excluding carboxylic acids is 1. The van der Waals surface area contributed by atoms with Crippen LogP contribution in [0.1, 0.15) is 41.1 Å². The number of hydrogen-bond acceptors (Lipinski definition) is 3. The molecule has 0 fully saturated rings. The van der Waals surface area contributed by atoms with Gasteiger partial charge in [0.05, 0.1) is 24.3 Å². The molecule has 1 unspecified atom stereocenters. The minimum Gasteiger partial charge on any atom is -0.481 e. The Morgan fingerprint density at radius 3 is 2.57 bits per heavy atom. The van der Waals surface area contributed by atoms with Gasteiger partial charge in [0.2, 0.25) is 0 Å². The molecule has 1 atom stereocenters. The number of amides is 1. The average Bonchev–Trinajstić information content (AvgIpc) is 2.95. The first kappa shape index (κ1) is 14.8. The quantitative estimate of drug-likeness (QED) is 0.856. The number of aryl methyl sites for hydroxylation is 1. The molecular weight excluding hydrogens is 270 g/mol. The zero-order valence-electron chi connectivity index (χ0n) is 11.7. The fourth-order valence-corrected chi connectivity index (χ4v) is 2.16. The van der Waals surface area contributed by atoms with Crippen LogP contribution in [0.2, 0.25) is 0 Å². The lowest BCUT2D eigenvalue weighted by molar-refractivity contribution is -0.137. The van der Waals surface area contributed by atoms with Gasteiger partial charge in [-0.2, -0.15) is 0 Å². The first-order valence-electron chi connectivity index (χ1n) is 6.75. The maximum absolute atomic E-state index is 12.3. The Bertz CT molecular complexity index is 618. The summed E-state index contributed by atoms with van der Waals surface area (Å²) in [6.07, 6.45) is 1.89. The molecule has 0 radical (unpaired) electrons. The van der Waals surface area contributed by atoms with Crippen molar-refractivity contribution in [3.8, 4) is 0 Å². The number of hydrogen-bond donors (Lipinski definition) is 2. The van der Waals surface area contributed by atoms with Crippen molar-refractivity contribution in [2.75, 3.05) is 0 Å². The van der Waals surface area contributed by atoms with Gasteiger partial charge in [0.15, 0.2) is 0 Å². The molecule has 5 nitrogen and oxygen atoms in total. The highest BCUT2D eigenvalue weighted by atomic mass is 16.4. The minimum atomic E-state index is -0.966. The molecule has 0 spiro atoms. The highest BCUT2D eigenvalue weighted by Crippen LogP contribution is 2.19. The van der Waals surface area contributed by atoms with Crippen molar-refractivity contribution < 1.29 is 19.1 Å². The third kappa shape index (κ3) is 3.72. The number of aliphatic carboxylic acids is 1. The first-order chi connectivity index (χ1) is 10.1. The van der Waals surface area contributed by atoms with Gasteiger partial charge in [0.25, 0.3) is 5.91 Å². The molecule has 2 N–H and O–H groups in total. The zero-order valence-corrected chi connectivity index (χ0v) is 11.7. The molecule has 0 aliphatic heterocycles. The third-order valence-corrected chi connectivity index (χ3v) is 3.20. The predicted octanol–water partition coefficient (Wildman–Crippen LogP) is 2.79. The van der Waals surface area contributed by atoms with E-state index in [1.807, 2.05) is 25.1 Å². The summed E-state index contributed by atoms with van der Waals surface area (Å²) in [5, 5.41) is 11.8. The lowest BCUT2D eigenvalue weighted by Gasteiger charge is -2.17. The second-order valence-corrected chi connectivity index (χ2v) is 4.65. The molecule has 0 saturated carbocycles. The standard InChI is InChI=1S/C16H17NO4/c1-2-14-12(8-9-21-14)16(20)17-13(10-15(18)19)11-6-4-3-5-7-11/h3-9,13H,2,10H2,1H3,(H,17,20)(H,18,19). The van der Waals surface area contributed by atoms with E-state index in [1.54, 1.807) is 18.2 Å². The van der Waals surface area contributed by atoms with Gasteiger partial charge in [0, 0.05) is 6.42 Å². The van der Waals surface area contributed by atoms with E-state index < -0.39 is 12.0 Å². The molecule has 0 saturated heterocycles. The molecule has 1 heterocycles. The van der Waals surface area contributed by atoms with Crippen LogP contribution in [0.15, 0.2) is 47.1 Å². The van der Waals surface area contributed by atoms with E-state index in [1.165, 1.54) is 6.26 Å². The molecule has 0 bridgehead atoms. The summed E-state index contributed by atoms with van der Waals surface area (Å²) in [6.45, 7) is 1.89. The van der Waals surface area contributed by atoms with Crippen LogP contribution < -0.4 is 5.32 Å². The van der Waals surface area contributed by atoms with Crippen LogP contribution in [0, 0.1) is 0 Å². The summed E-state index contributed by atoms with van der Waals surface area (Å²) < 4.78 is 5.23. The molecule has 1 amide bonds. The summed E-state index contributed by atoms with van der Waals surface area (Å²) in [6, 6.07) is 10.1. The average molecular weight is 287 g/mol. The minimum absolute atomic E-state index is 0.172.